The molecule has 7 heteroatoms. The number of aliphatic hydroxyl groups excluding tert-OH is 2. The van der Waals surface area contributed by atoms with Gasteiger partial charge in [0.05, 0.1) is 17.7 Å². The van der Waals surface area contributed by atoms with Crippen LogP contribution in [0.3, 0.4) is 0 Å². The van der Waals surface area contributed by atoms with Gasteiger partial charge in [-0.25, -0.2) is 4.98 Å². The third-order valence-electron chi connectivity index (χ3n) is 5.93. The minimum atomic E-state index is -0.778. The first-order chi connectivity index (χ1) is 13.4. The molecule has 7 nitrogen and oxygen atoms in total. The van der Waals surface area contributed by atoms with E-state index in [1.807, 2.05) is 42.2 Å². The number of anilines is 1. The molecular weight excluding hydrogens is 356 g/mol. The Morgan fingerprint density at radius 2 is 2.04 bits per heavy atom. The van der Waals surface area contributed by atoms with Crippen molar-refractivity contribution < 1.29 is 14.9 Å². The van der Waals surface area contributed by atoms with E-state index >= 15 is 0 Å². The number of aromatic nitrogens is 3. The number of ether oxygens (including phenoxy) is 1. The highest BCUT2D eigenvalue weighted by molar-refractivity contribution is 5.94. The number of β-amino-alcohol motifs (C(OH)–C–C–N with tert-alkyl or cyclic N) is 1. The molecule has 1 saturated carbocycles. The molecule has 1 aliphatic heterocycles. The average Bonchev–Trinajstić information content (AvgIpc) is 3.17. The number of hydrogen-bond acceptors (Lipinski definition) is 6. The molecule has 0 bridgehead atoms. The van der Waals surface area contributed by atoms with Crippen LogP contribution in [0.25, 0.3) is 22.2 Å². The molecular formula is C21H24N4O3. The largest absolute Gasteiger partial charge is 0.488 e. The molecule has 0 amide bonds. The van der Waals surface area contributed by atoms with Gasteiger partial charge in [-0.1, -0.05) is 0 Å². The quantitative estimate of drug-likeness (QED) is 0.644. The Bertz CT molecular complexity index is 1030. The summed E-state index contributed by atoms with van der Waals surface area (Å²) in [6.45, 7) is 4.38. The lowest BCUT2D eigenvalue weighted by Gasteiger charge is -2.23. The summed E-state index contributed by atoms with van der Waals surface area (Å²) in [4.78, 5) is 6.37. The van der Waals surface area contributed by atoms with Crippen LogP contribution in [0, 0.1) is 0 Å². The van der Waals surface area contributed by atoms with Crippen LogP contribution in [0.15, 0.2) is 36.5 Å². The SMILES string of the molecule is C[C@H]1[C@H](O)[C@@H](O)CN1c1cc(-c2n[nH]c3ccc(OC4(C)CC4)cc23)ccn1. The van der Waals surface area contributed by atoms with Gasteiger partial charge in [-0.3, -0.25) is 5.10 Å². The number of aromatic amines is 1. The van der Waals surface area contributed by atoms with Gasteiger partial charge in [-0.05, 0) is 57.0 Å². The van der Waals surface area contributed by atoms with Crippen LogP contribution in [-0.2, 0) is 0 Å². The molecule has 3 aromatic rings. The number of benzene rings is 1. The van der Waals surface area contributed by atoms with E-state index in [9.17, 15) is 10.2 Å². The van der Waals surface area contributed by atoms with E-state index in [4.69, 9.17) is 4.74 Å². The Hall–Kier alpha value is -2.64. The molecule has 1 aromatic carbocycles. The molecule has 3 heterocycles. The molecule has 3 atom stereocenters. The lowest BCUT2D eigenvalue weighted by molar-refractivity contribution is 0.0438. The highest BCUT2D eigenvalue weighted by Crippen LogP contribution is 2.40. The second kappa shape index (κ2) is 6.18. The van der Waals surface area contributed by atoms with Gasteiger partial charge in [-0.15, -0.1) is 0 Å². The number of hydrogen-bond donors (Lipinski definition) is 3. The first kappa shape index (κ1) is 17.5. The Balaban J connectivity index is 1.51. The highest BCUT2D eigenvalue weighted by atomic mass is 16.5. The van der Waals surface area contributed by atoms with Gasteiger partial charge in [-0.2, -0.15) is 5.10 Å². The van der Waals surface area contributed by atoms with Crippen molar-refractivity contribution in [3.63, 3.8) is 0 Å². The zero-order valence-corrected chi connectivity index (χ0v) is 16.0. The number of nitrogens with one attached hydrogen (secondary N) is 1. The van der Waals surface area contributed by atoms with Crippen molar-refractivity contribution in [2.45, 2.75) is 50.5 Å². The average molecular weight is 380 g/mol. The van der Waals surface area contributed by atoms with Gasteiger partial charge >= 0.3 is 0 Å². The Morgan fingerprint density at radius 3 is 2.75 bits per heavy atom. The maximum atomic E-state index is 10.1. The van der Waals surface area contributed by atoms with E-state index in [1.165, 1.54) is 0 Å². The second-order valence-corrected chi connectivity index (χ2v) is 8.19. The van der Waals surface area contributed by atoms with Gasteiger partial charge in [0.1, 0.15) is 29.0 Å². The first-order valence-electron chi connectivity index (χ1n) is 9.70. The van der Waals surface area contributed by atoms with E-state index in [2.05, 4.69) is 22.1 Å². The fourth-order valence-corrected chi connectivity index (χ4v) is 3.85. The topological polar surface area (TPSA) is 94.5 Å². The van der Waals surface area contributed by atoms with Crippen molar-refractivity contribution in [3.8, 4) is 17.0 Å². The van der Waals surface area contributed by atoms with E-state index in [0.29, 0.717) is 6.54 Å². The standard InChI is InChI=1S/C21H24N4O3/c1-12-20(27)17(26)11-25(12)18-9-13(5-8-22-18)19-15-10-14(28-21(2)6-7-21)3-4-16(15)23-24-19/h3-5,8-10,12,17,20,26-27H,6-7,11H2,1-2H3,(H,23,24)/t12-,17-,20-/m0/s1. The Morgan fingerprint density at radius 1 is 1.21 bits per heavy atom. The maximum Gasteiger partial charge on any atom is 0.129 e. The summed E-state index contributed by atoms with van der Waals surface area (Å²) in [6, 6.07) is 9.66. The molecule has 5 rings (SSSR count). The van der Waals surface area contributed by atoms with Crippen LogP contribution in [0.1, 0.15) is 26.7 Å². The Labute approximate surface area is 163 Å². The summed E-state index contributed by atoms with van der Waals surface area (Å²) in [5.41, 5.74) is 2.67. The number of aliphatic hydroxyl groups is 2. The van der Waals surface area contributed by atoms with Crippen molar-refractivity contribution >= 4 is 16.7 Å². The van der Waals surface area contributed by atoms with Crippen molar-refractivity contribution in [3.05, 3.63) is 36.5 Å². The van der Waals surface area contributed by atoms with Crippen molar-refractivity contribution in [2.75, 3.05) is 11.4 Å². The lowest BCUT2D eigenvalue weighted by Crippen LogP contribution is -2.33. The molecule has 2 fully saturated rings. The van der Waals surface area contributed by atoms with Crippen LogP contribution in [-0.4, -0.2) is 55.8 Å². The zero-order valence-electron chi connectivity index (χ0n) is 16.0. The summed E-state index contributed by atoms with van der Waals surface area (Å²) < 4.78 is 6.11. The predicted molar refractivity (Wildman–Crippen MR) is 106 cm³/mol. The molecule has 2 aromatic heterocycles. The van der Waals surface area contributed by atoms with Crippen LogP contribution >= 0.6 is 0 Å². The predicted octanol–water partition coefficient (Wildman–Crippen LogP) is 2.49. The fraction of sp³-hybridized carbons (Fsp3) is 0.429. The number of rotatable bonds is 4. The van der Waals surface area contributed by atoms with Crippen molar-refractivity contribution in [2.24, 2.45) is 0 Å². The van der Waals surface area contributed by atoms with E-state index in [0.717, 1.165) is 46.6 Å². The third-order valence-corrected chi connectivity index (χ3v) is 5.93. The van der Waals surface area contributed by atoms with E-state index in [-0.39, 0.29) is 11.6 Å². The molecule has 28 heavy (non-hydrogen) atoms. The summed E-state index contributed by atoms with van der Waals surface area (Å²) in [5, 5.41) is 28.6. The minimum absolute atomic E-state index is 0.0328. The molecule has 1 aliphatic carbocycles. The minimum Gasteiger partial charge on any atom is -0.488 e. The second-order valence-electron chi connectivity index (χ2n) is 8.19. The fourth-order valence-electron chi connectivity index (χ4n) is 3.85. The van der Waals surface area contributed by atoms with Gasteiger partial charge in [0.15, 0.2) is 0 Å². The van der Waals surface area contributed by atoms with E-state index in [1.54, 1.807) is 6.20 Å². The van der Waals surface area contributed by atoms with Gasteiger partial charge in [0.2, 0.25) is 0 Å². The third kappa shape index (κ3) is 2.91. The van der Waals surface area contributed by atoms with Crippen LogP contribution < -0.4 is 9.64 Å². The number of pyridine rings is 1. The van der Waals surface area contributed by atoms with Crippen molar-refractivity contribution in [1.82, 2.24) is 15.2 Å². The Kier molecular flexibility index (Phi) is 3.86. The maximum absolute atomic E-state index is 10.1. The lowest BCUT2D eigenvalue weighted by atomic mass is 10.1. The molecule has 2 aliphatic rings. The van der Waals surface area contributed by atoms with Gasteiger partial charge < -0.3 is 19.8 Å². The molecule has 0 unspecified atom stereocenters. The van der Waals surface area contributed by atoms with Crippen LogP contribution in [0.2, 0.25) is 0 Å². The summed E-state index contributed by atoms with van der Waals surface area (Å²) in [5.74, 6) is 1.57. The van der Waals surface area contributed by atoms with Crippen molar-refractivity contribution in [1.29, 1.82) is 0 Å². The summed E-state index contributed by atoms with van der Waals surface area (Å²) in [6.07, 6.45) is 2.36. The summed E-state index contributed by atoms with van der Waals surface area (Å²) >= 11 is 0. The monoisotopic (exact) mass is 380 g/mol. The van der Waals surface area contributed by atoms with Gasteiger partial charge in [0, 0.05) is 23.7 Å². The molecule has 1 saturated heterocycles. The first-order valence-corrected chi connectivity index (χ1v) is 9.70. The molecule has 0 radical (unpaired) electrons. The molecule has 3 N–H and O–H groups in total. The number of fused-ring (bicyclic) bond motifs is 1. The van der Waals surface area contributed by atoms with Gasteiger partial charge in [0.25, 0.3) is 0 Å². The highest BCUT2D eigenvalue weighted by Gasteiger charge is 2.40. The number of nitrogens with zero attached hydrogens (tertiary/aromatic N) is 3. The normalized spacial score (nSPS) is 26.0. The molecule has 0 spiro atoms. The molecule has 146 valence electrons. The summed E-state index contributed by atoms with van der Waals surface area (Å²) in [7, 11) is 0. The number of H-pyrrole nitrogens is 1. The zero-order chi connectivity index (χ0) is 19.5. The van der Waals surface area contributed by atoms with Crippen LogP contribution in [0.4, 0.5) is 5.82 Å². The smallest absolute Gasteiger partial charge is 0.129 e. The van der Waals surface area contributed by atoms with E-state index < -0.39 is 12.2 Å². The van der Waals surface area contributed by atoms with Crippen LogP contribution in [0.5, 0.6) is 5.75 Å².